The average Bonchev–Trinajstić information content (AvgIpc) is 3.14. The van der Waals surface area contributed by atoms with Gasteiger partial charge in [-0.3, -0.25) is 4.79 Å². The molecule has 8 atom stereocenters. The summed E-state index contributed by atoms with van der Waals surface area (Å²) in [6, 6.07) is 6.89. The van der Waals surface area contributed by atoms with Gasteiger partial charge in [-0.15, -0.1) is 0 Å². The Morgan fingerprint density at radius 1 is 1.24 bits per heavy atom. The summed E-state index contributed by atoms with van der Waals surface area (Å²) in [7, 11) is 0. The molecular weight excluding hydrogens is 469 g/mol. The van der Waals surface area contributed by atoms with Gasteiger partial charge >= 0.3 is 12.1 Å². The first-order valence-corrected chi connectivity index (χ1v) is 13.8. The fourth-order valence-corrected chi connectivity index (χ4v) is 7.39. The molecular formula is C31H40FNO4. The normalized spacial score (nSPS) is 35.2. The van der Waals surface area contributed by atoms with Gasteiger partial charge in [-0.2, -0.15) is 0 Å². The summed E-state index contributed by atoms with van der Waals surface area (Å²) in [4.78, 5) is 24.7. The highest BCUT2D eigenvalue weighted by atomic mass is 19.1. The second-order valence-electron chi connectivity index (χ2n) is 11.3. The van der Waals surface area contributed by atoms with E-state index in [1.165, 1.54) is 11.6 Å². The van der Waals surface area contributed by atoms with Crippen LogP contribution in [0.15, 0.2) is 54.1 Å². The molecule has 0 aromatic heterocycles. The zero-order valence-corrected chi connectivity index (χ0v) is 22.0. The Bertz CT molecular complexity index is 1130. The van der Waals surface area contributed by atoms with Gasteiger partial charge in [0.2, 0.25) is 0 Å². The van der Waals surface area contributed by atoms with E-state index in [2.05, 4.69) is 36.5 Å². The fraction of sp³-hybridized carbons (Fsp3) is 0.548. The molecule has 1 N–H and O–H groups in total. The van der Waals surface area contributed by atoms with Crippen molar-refractivity contribution in [2.45, 2.75) is 65.0 Å². The number of benzene rings is 1. The number of cyclic esters (lactones) is 1. The van der Waals surface area contributed by atoms with E-state index in [0.717, 1.165) is 43.2 Å². The molecule has 0 bridgehead atoms. The van der Waals surface area contributed by atoms with Crippen molar-refractivity contribution in [3.8, 4) is 0 Å². The molecule has 3 fully saturated rings. The van der Waals surface area contributed by atoms with E-state index >= 15 is 0 Å². The predicted molar refractivity (Wildman–Crippen MR) is 143 cm³/mol. The van der Waals surface area contributed by atoms with Gasteiger partial charge in [0.05, 0.1) is 12.5 Å². The van der Waals surface area contributed by atoms with E-state index in [1.54, 1.807) is 12.1 Å². The molecule has 1 amide bonds. The molecule has 1 saturated heterocycles. The van der Waals surface area contributed by atoms with Crippen molar-refractivity contribution in [3.63, 3.8) is 0 Å². The summed E-state index contributed by atoms with van der Waals surface area (Å²) in [6.07, 6.45) is 13.0. The van der Waals surface area contributed by atoms with Crippen molar-refractivity contribution in [3.05, 3.63) is 65.5 Å². The van der Waals surface area contributed by atoms with Gasteiger partial charge in [0.15, 0.2) is 0 Å². The van der Waals surface area contributed by atoms with E-state index in [-0.39, 0.29) is 55.1 Å². The minimum Gasteiger partial charge on any atom is -0.462 e. The third-order valence-electron chi connectivity index (χ3n) is 8.99. The topological polar surface area (TPSA) is 64.6 Å². The van der Waals surface area contributed by atoms with E-state index in [1.807, 2.05) is 19.9 Å². The maximum atomic E-state index is 13.8. The molecule has 1 aliphatic heterocycles. The highest BCUT2D eigenvalue weighted by molar-refractivity contribution is 5.75. The smallest absolute Gasteiger partial charge is 0.407 e. The molecule has 5 nitrogen and oxygen atoms in total. The Kier molecular flexibility index (Phi) is 7.55. The molecule has 4 aliphatic rings. The van der Waals surface area contributed by atoms with Gasteiger partial charge in [-0.05, 0) is 98.5 Å². The van der Waals surface area contributed by atoms with Crippen molar-refractivity contribution >= 4 is 17.6 Å². The van der Waals surface area contributed by atoms with E-state index in [4.69, 9.17) is 9.47 Å². The van der Waals surface area contributed by atoms with E-state index in [0.29, 0.717) is 18.4 Å². The van der Waals surface area contributed by atoms with Crippen LogP contribution in [-0.2, 0) is 14.3 Å². The van der Waals surface area contributed by atoms with Gasteiger partial charge in [0, 0.05) is 13.4 Å². The molecule has 1 unspecified atom stereocenters. The molecule has 0 spiro atoms. The lowest BCUT2D eigenvalue weighted by Gasteiger charge is -2.47. The zero-order chi connectivity index (χ0) is 26.1. The number of carbonyl (C=O) groups is 2. The molecule has 5 rings (SSSR count). The fourth-order valence-electron chi connectivity index (χ4n) is 7.39. The highest BCUT2D eigenvalue weighted by Crippen LogP contribution is 2.53. The number of hydrogen-bond acceptors (Lipinski definition) is 4. The zero-order valence-electron chi connectivity index (χ0n) is 22.0. The number of carbonyl (C=O) groups excluding carboxylic acids is 2. The van der Waals surface area contributed by atoms with Gasteiger partial charge in [-0.25, -0.2) is 9.18 Å². The van der Waals surface area contributed by atoms with Crippen molar-refractivity contribution in [2.24, 2.45) is 35.5 Å². The lowest BCUT2D eigenvalue weighted by atomic mass is 9.57. The SMILES string of the molecule is CCOC(=O)N[C@@H]1CC[C@H]2[C@@H](C1)C[C@H]1C(=O)O[C@H](C)[C@@H]1[C@H]2/C=C/C1=CC=C(c2cccc(F)c2)C(C)C1.[HH]. The van der Waals surface area contributed by atoms with Crippen molar-refractivity contribution in [1.29, 1.82) is 0 Å². The molecule has 200 valence electrons. The standard InChI is InChI=1S/C31H38FNO4.H2/c1-4-36-31(35)33-24-10-13-26-22(16-24)17-28-29(19(3)37-30(28)34)27(26)12-9-20-8-11-25(18(2)14-20)21-6-5-7-23(32)15-21;/h5-9,11-12,15,18-19,22,24,26-29H,4,10,13-14,16-17H2,1-3H3,(H,33,35);1H/b12-9+;/t18?,19-,22+,24-,26+,27+,28-,29-;/m1./s1. The molecule has 0 radical (unpaired) electrons. The number of hydrogen-bond donors (Lipinski definition) is 1. The first-order chi connectivity index (χ1) is 17.8. The van der Waals surface area contributed by atoms with Gasteiger partial charge in [-0.1, -0.05) is 43.4 Å². The average molecular weight is 510 g/mol. The second-order valence-corrected chi connectivity index (χ2v) is 11.3. The summed E-state index contributed by atoms with van der Waals surface area (Å²) >= 11 is 0. The Balaban J connectivity index is 0.00000336. The van der Waals surface area contributed by atoms with Crippen LogP contribution in [0.3, 0.4) is 0 Å². The minimum atomic E-state index is -0.353. The largest absolute Gasteiger partial charge is 0.462 e. The Labute approximate surface area is 220 Å². The Morgan fingerprint density at radius 2 is 2.08 bits per heavy atom. The quantitative estimate of drug-likeness (QED) is 0.448. The Morgan fingerprint density at radius 3 is 2.84 bits per heavy atom. The van der Waals surface area contributed by atoms with E-state index < -0.39 is 0 Å². The number of esters is 1. The highest BCUT2D eigenvalue weighted by Gasteiger charge is 2.54. The summed E-state index contributed by atoms with van der Waals surface area (Å²) in [5.74, 6) is 1.23. The van der Waals surface area contributed by atoms with Gasteiger partial charge in [0.25, 0.3) is 0 Å². The number of amides is 1. The van der Waals surface area contributed by atoms with Crippen LogP contribution in [-0.4, -0.2) is 30.8 Å². The van der Waals surface area contributed by atoms with Crippen LogP contribution in [0.5, 0.6) is 0 Å². The molecule has 1 heterocycles. The van der Waals surface area contributed by atoms with Crippen LogP contribution in [0, 0.1) is 41.3 Å². The number of rotatable bonds is 5. The summed E-state index contributed by atoms with van der Waals surface area (Å²) in [5.41, 5.74) is 3.35. The second kappa shape index (κ2) is 10.8. The number of alkyl carbamates (subject to hydrolysis) is 1. The molecule has 1 aromatic carbocycles. The van der Waals surface area contributed by atoms with Crippen LogP contribution in [0.25, 0.3) is 5.57 Å². The number of fused-ring (bicyclic) bond motifs is 2. The van der Waals surface area contributed by atoms with Crippen molar-refractivity contribution in [1.82, 2.24) is 5.32 Å². The maximum Gasteiger partial charge on any atom is 0.407 e. The maximum absolute atomic E-state index is 13.8. The third kappa shape index (κ3) is 5.39. The van der Waals surface area contributed by atoms with Gasteiger partial charge < -0.3 is 14.8 Å². The molecule has 3 aliphatic carbocycles. The number of halogens is 1. The first-order valence-electron chi connectivity index (χ1n) is 13.8. The van der Waals surface area contributed by atoms with E-state index in [9.17, 15) is 14.0 Å². The van der Waals surface area contributed by atoms with Crippen molar-refractivity contribution in [2.75, 3.05) is 6.61 Å². The predicted octanol–water partition coefficient (Wildman–Crippen LogP) is 6.71. The van der Waals surface area contributed by atoms with Crippen LogP contribution in [0.4, 0.5) is 9.18 Å². The van der Waals surface area contributed by atoms with Crippen LogP contribution < -0.4 is 5.32 Å². The molecule has 2 saturated carbocycles. The number of nitrogens with one attached hydrogen (secondary N) is 1. The number of ether oxygens (including phenoxy) is 2. The summed E-state index contributed by atoms with van der Waals surface area (Å²) in [5, 5.41) is 3.02. The van der Waals surface area contributed by atoms with Crippen LogP contribution in [0.2, 0.25) is 0 Å². The third-order valence-corrected chi connectivity index (χ3v) is 8.99. The minimum absolute atomic E-state index is 0. The summed E-state index contributed by atoms with van der Waals surface area (Å²) < 4.78 is 24.6. The van der Waals surface area contributed by atoms with Crippen LogP contribution in [0.1, 0.15) is 59.9 Å². The van der Waals surface area contributed by atoms with Crippen LogP contribution >= 0.6 is 0 Å². The lowest BCUT2D eigenvalue weighted by molar-refractivity contribution is -0.144. The first kappa shape index (κ1) is 25.7. The lowest BCUT2D eigenvalue weighted by Crippen LogP contribution is -2.48. The molecule has 6 heteroatoms. The summed E-state index contributed by atoms with van der Waals surface area (Å²) in [6.45, 7) is 6.39. The van der Waals surface area contributed by atoms with Gasteiger partial charge in [0.1, 0.15) is 11.9 Å². The molecule has 37 heavy (non-hydrogen) atoms. The molecule has 1 aromatic rings. The Hall–Kier alpha value is -2.89. The number of allylic oxidation sites excluding steroid dienone is 6. The van der Waals surface area contributed by atoms with Crippen molar-refractivity contribution < 1.29 is 24.9 Å². The monoisotopic (exact) mass is 509 g/mol.